The van der Waals surface area contributed by atoms with Crippen LogP contribution in [0.3, 0.4) is 0 Å². The number of pyridine rings is 1. The molecule has 2 N–H and O–H groups in total. The first-order chi connectivity index (χ1) is 16.6. The topological polar surface area (TPSA) is 94.9 Å². The van der Waals surface area contributed by atoms with Crippen LogP contribution in [0.5, 0.6) is 5.75 Å². The van der Waals surface area contributed by atoms with E-state index in [0.717, 1.165) is 32.0 Å². The van der Waals surface area contributed by atoms with Crippen LogP contribution in [0.4, 0.5) is 8.78 Å². The molecule has 1 saturated heterocycles. The highest BCUT2D eigenvalue weighted by molar-refractivity contribution is 5.99. The van der Waals surface area contributed by atoms with Crippen LogP contribution in [-0.2, 0) is 13.1 Å². The van der Waals surface area contributed by atoms with Crippen molar-refractivity contribution in [3.63, 3.8) is 0 Å². The molecule has 1 fully saturated rings. The molecule has 1 aromatic carbocycles. The van der Waals surface area contributed by atoms with Gasteiger partial charge < -0.3 is 19.9 Å². The number of carbonyl (C=O) groups excluding carboxylic acids is 2. The fourth-order valence-corrected chi connectivity index (χ4v) is 4.75. The molecule has 0 saturated carbocycles. The molecular formula is C25H30F2N4O4. The van der Waals surface area contributed by atoms with Crippen LogP contribution in [0.15, 0.2) is 29.2 Å². The monoisotopic (exact) mass is 488 g/mol. The minimum absolute atomic E-state index is 0.0461. The van der Waals surface area contributed by atoms with Gasteiger partial charge in [0, 0.05) is 43.5 Å². The number of amides is 2. The lowest BCUT2D eigenvalue weighted by Gasteiger charge is -2.50. The molecule has 4 rings (SSSR count). The van der Waals surface area contributed by atoms with E-state index in [9.17, 15) is 28.3 Å². The highest BCUT2D eigenvalue weighted by Crippen LogP contribution is 2.31. The average Bonchev–Trinajstić information content (AvgIpc) is 2.79. The van der Waals surface area contributed by atoms with Crippen LogP contribution >= 0.6 is 0 Å². The van der Waals surface area contributed by atoms with Gasteiger partial charge in [-0.15, -0.1) is 0 Å². The van der Waals surface area contributed by atoms with Gasteiger partial charge in [-0.1, -0.05) is 19.9 Å². The standard InChI is InChI=1S/C25H30F2N4O4/c1-14(2)6-8-29-9-7-15(3)31-20(29)13-30-12-18(22(32)23(33)21(30)25(31)35)24(34)28-11-16-4-5-17(26)10-19(16)27/h4-5,10,12,14-15,20,33H,6-9,11,13H2,1-3H3,(H,28,34)/t15-,20-/m1/s1. The van der Waals surface area contributed by atoms with Gasteiger partial charge in [0.15, 0.2) is 11.4 Å². The van der Waals surface area contributed by atoms with Crippen molar-refractivity contribution >= 4 is 11.8 Å². The second-order valence-electron chi connectivity index (χ2n) is 9.69. The van der Waals surface area contributed by atoms with E-state index in [1.807, 2.05) is 6.92 Å². The number of nitrogens with zero attached hydrogens (tertiary/aromatic N) is 3. The van der Waals surface area contributed by atoms with Crippen molar-refractivity contribution in [2.45, 2.75) is 58.9 Å². The normalized spacial score (nSPS) is 20.1. The summed E-state index contributed by atoms with van der Waals surface area (Å²) < 4.78 is 28.5. The Labute approximate surface area is 202 Å². The minimum Gasteiger partial charge on any atom is -0.503 e. The number of benzene rings is 1. The largest absolute Gasteiger partial charge is 0.503 e. The van der Waals surface area contributed by atoms with Crippen LogP contribution < -0.4 is 10.7 Å². The van der Waals surface area contributed by atoms with Gasteiger partial charge in [-0.05, 0) is 31.7 Å². The maximum atomic E-state index is 13.9. The highest BCUT2D eigenvalue weighted by atomic mass is 19.1. The van der Waals surface area contributed by atoms with Crippen molar-refractivity contribution in [1.82, 2.24) is 19.7 Å². The zero-order valence-electron chi connectivity index (χ0n) is 20.1. The van der Waals surface area contributed by atoms with E-state index >= 15 is 0 Å². The fraction of sp³-hybridized carbons (Fsp3) is 0.480. The number of fused-ring (bicyclic) bond motifs is 2. The molecule has 0 spiro atoms. The van der Waals surface area contributed by atoms with E-state index < -0.39 is 34.6 Å². The summed E-state index contributed by atoms with van der Waals surface area (Å²) in [5, 5.41) is 13.1. The van der Waals surface area contributed by atoms with Crippen LogP contribution in [0.1, 0.15) is 60.0 Å². The molecule has 2 amide bonds. The molecule has 10 heteroatoms. The van der Waals surface area contributed by atoms with Gasteiger partial charge in [0.05, 0.1) is 6.54 Å². The van der Waals surface area contributed by atoms with Crippen LogP contribution in [-0.4, -0.2) is 56.6 Å². The van der Waals surface area contributed by atoms with Crippen molar-refractivity contribution in [3.8, 4) is 5.75 Å². The smallest absolute Gasteiger partial charge is 0.276 e. The summed E-state index contributed by atoms with van der Waals surface area (Å²) in [4.78, 5) is 42.9. The molecule has 0 aliphatic carbocycles. The van der Waals surface area contributed by atoms with Crippen LogP contribution in [0.2, 0.25) is 0 Å². The Bertz CT molecular complexity index is 1210. The molecule has 35 heavy (non-hydrogen) atoms. The Kier molecular flexibility index (Phi) is 6.93. The van der Waals surface area contributed by atoms with E-state index in [-0.39, 0.29) is 35.6 Å². The third-order valence-electron chi connectivity index (χ3n) is 6.80. The minimum atomic E-state index is -0.971. The van der Waals surface area contributed by atoms with Crippen molar-refractivity contribution in [2.24, 2.45) is 5.92 Å². The lowest BCUT2D eigenvalue weighted by atomic mass is 10.0. The summed E-state index contributed by atoms with van der Waals surface area (Å²) in [5.74, 6) is -3.12. The Morgan fingerprint density at radius 1 is 1.26 bits per heavy atom. The number of aromatic hydroxyl groups is 1. The molecule has 2 atom stereocenters. The molecule has 2 aromatic rings. The maximum Gasteiger partial charge on any atom is 0.276 e. The summed E-state index contributed by atoms with van der Waals surface area (Å²) in [5.41, 5.74) is -1.41. The molecule has 2 aliphatic heterocycles. The summed E-state index contributed by atoms with van der Waals surface area (Å²) in [6.45, 7) is 7.87. The zero-order chi connectivity index (χ0) is 25.4. The van der Waals surface area contributed by atoms with Crippen LogP contribution in [0, 0.1) is 17.6 Å². The Morgan fingerprint density at radius 2 is 2.00 bits per heavy atom. The summed E-state index contributed by atoms with van der Waals surface area (Å²) >= 11 is 0. The van der Waals surface area contributed by atoms with Crippen LogP contribution in [0.25, 0.3) is 0 Å². The van der Waals surface area contributed by atoms with Crippen molar-refractivity contribution in [3.05, 3.63) is 63.1 Å². The van der Waals surface area contributed by atoms with Crippen molar-refractivity contribution in [2.75, 3.05) is 13.1 Å². The predicted octanol–water partition coefficient (Wildman–Crippen LogP) is 2.68. The number of hydrogen-bond donors (Lipinski definition) is 2. The van der Waals surface area contributed by atoms with Gasteiger partial charge in [-0.25, -0.2) is 8.78 Å². The molecular weight excluding hydrogens is 458 g/mol. The highest BCUT2D eigenvalue weighted by Gasteiger charge is 2.43. The SMILES string of the molecule is CC(C)CCN1CC[C@@H](C)N2C(=O)c3c(O)c(=O)c(C(=O)NCc4ccc(F)cc4F)cn3C[C@H]12. The molecule has 0 bridgehead atoms. The first-order valence-electron chi connectivity index (χ1n) is 11.8. The molecule has 1 aromatic heterocycles. The van der Waals surface area contributed by atoms with E-state index in [1.165, 1.54) is 16.8 Å². The van der Waals surface area contributed by atoms with Gasteiger partial charge in [-0.2, -0.15) is 0 Å². The quantitative estimate of drug-likeness (QED) is 0.652. The Balaban J connectivity index is 1.62. The van der Waals surface area contributed by atoms with Crippen molar-refractivity contribution < 1.29 is 23.5 Å². The number of aromatic nitrogens is 1. The number of rotatable bonds is 6. The summed E-state index contributed by atoms with van der Waals surface area (Å²) in [6, 6.07) is 2.91. The molecule has 8 nitrogen and oxygen atoms in total. The average molecular weight is 489 g/mol. The van der Waals surface area contributed by atoms with Gasteiger partial charge in [0.2, 0.25) is 5.43 Å². The number of carbonyl (C=O) groups is 2. The first-order valence-corrected chi connectivity index (χ1v) is 11.8. The van der Waals surface area contributed by atoms with Gasteiger partial charge in [0.25, 0.3) is 11.8 Å². The lowest BCUT2D eigenvalue weighted by Crippen LogP contribution is -2.63. The third-order valence-corrected chi connectivity index (χ3v) is 6.80. The van der Waals surface area contributed by atoms with E-state index in [2.05, 4.69) is 24.1 Å². The fourth-order valence-electron chi connectivity index (χ4n) is 4.75. The zero-order valence-corrected chi connectivity index (χ0v) is 20.1. The van der Waals surface area contributed by atoms with E-state index in [0.29, 0.717) is 18.5 Å². The number of halogens is 2. The maximum absolute atomic E-state index is 13.9. The van der Waals surface area contributed by atoms with Gasteiger partial charge in [0.1, 0.15) is 23.4 Å². The second kappa shape index (κ2) is 9.77. The predicted molar refractivity (Wildman–Crippen MR) is 125 cm³/mol. The molecule has 2 aliphatic rings. The van der Waals surface area contributed by atoms with E-state index in [1.54, 1.807) is 4.90 Å². The van der Waals surface area contributed by atoms with Crippen molar-refractivity contribution in [1.29, 1.82) is 0 Å². The second-order valence-corrected chi connectivity index (χ2v) is 9.69. The lowest BCUT2D eigenvalue weighted by molar-refractivity contribution is -0.0338. The Morgan fingerprint density at radius 3 is 2.69 bits per heavy atom. The molecule has 3 heterocycles. The molecule has 0 unspecified atom stereocenters. The van der Waals surface area contributed by atoms with E-state index in [4.69, 9.17) is 0 Å². The molecule has 0 radical (unpaired) electrons. The number of nitrogens with one attached hydrogen (secondary N) is 1. The summed E-state index contributed by atoms with van der Waals surface area (Å²) in [6.07, 6.45) is 2.76. The summed E-state index contributed by atoms with van der Waals surface area (Å²) in [7, 11) is 0. The van der Waals surface area contributed by atoms with Gasteiger partial charge in [-0.3, -0.25) is 19.3 Å². The third kappa shape index (κ3) is 4.80. The number of hydrogen-bond acceptors (Lipinski definition) is 5. The molecule has 188 valence electrons. The Hall–Kier alpha value is -3.27. The van der Waals surface area contributed by atoms with Gasteiger partial charge >= 0.3 is 0 Å². The first kappa shape index (κ1) is 24.8.